The third-order valence-corrected chi connectivity index (χ3v) is 2.78. The minimum Gasteiger partial charge on any atom is -0.399 e. The highest BCUT2D eigenvalue weighted by Crippen LogP contribution is 2.29. The zero-order valence-corrected chi connectivity index (χ0v) is 10.0. The number of nitrogens with zero attached hydrogens (tertiary/aromatic N) is 1. The fourth-order valence-corrected chi connectivity index (χ4v) is 2.18. The monoisotopic (exact) mass is 232 g/mol. The first kappa shape index (κ1) is 11.0. The number of nitrogens with two attached hydrogens (primary N) is 1. The van der Waals surface area contributed by atoms with Crippen molar-refractivity contribution in [3.63, 3.8) is 0 Å². The van der Waals surface area contributed by atoms with Gasteiger partial charge in [0.15, 0.2) is 0 Å². The third-order valence-electron chi connectivity index (χ3n) is 2.57. The molecule has 0 radical (unpaired) electrons. The SMILES string of the molecule is Cc1cc(N)cc(C)c1-c1ccnc(Cl)c1. The van der Waals surface area contributed by atoms with Gasteiger partial charge in [-0.3, -0.25) is 0 Å². The topological polar surface area (TPSA) is 38.9 Å². The van der Waals surface area contributed by atoms with Crippen LogP contribution >= 0.6 is 11.6 Å². The van der Waals surface area contributed by atoms with Crippen molar-refractivity contribution >= 4 is 17.3 Å². The molecule has 0 unspecified atom stereocenters. The summed E-state index contributed by atoms with van der Waals surface area (Å²) in [6.07, 6.45) is 1.72. The van der Waals surface area contributed by atoms with Crippen LogP contribution in [0.3, 0.4) is 0 Å². The summed E-state index contributed by atoms with van der Waals surface area (Å²) < 4.78 is 0. The molecule has 1 heterocycles. The summed E-state index contributed by atoms with van der Waals surface area (Å²) in [5, 5.41) is 0.508. The Hall–Kier alpha value is -1.54. The average molecular weight is 233 g/mol. The number of hydrogen-bond donors (Lipinski definition) is 1. The maximum atomic E-state index is 5.89. The Kier molecular flexibility index (Phi) is 2.84. The zero-order valence-electron chi connectivity index (χ0n) is 9.29. The van der Waals surface area contributed by atoms with Crippen LogP contribution in [0.2, 0.25) is 5.15 Å². The van der Waals surface area contributed by atoms with E-state index >= 15 is 0 Å². The summed E-state index contributed by atoms with van der Waals surface area (Å²) >= 11 is 5.89. The van der Waals surface area contributed by atoms with E-state index in [1.54, 1.807) is 6.20 Å². The molecule has 2 nitrogen and oxygen atoms in total. The van der Waals surface area contributed by atoms with E-state index in [2.05, 4.69) is 4.98 Å². The minimum atomic E-state index is 0.508. The molecule has 0 spiro atoms. The summed E-state index contributed by atoms with van der Waals surface area (Å²) in [5.74, 6) is 0. The minimum absolute atomic E-state index is 0.508. The van der Waals surface area contributed by atoms with Crippen molar-refractivity contribution in [2.75, 3.05) is 5.73 Å². The fourth-order valence-electron chi connectivity index (χ4n) is 2.01. The molecule has 1 aromatic carbocycles. The average Bonchev–Trinajstić information content (AvgIpc) is 2.15. The maximum Gasteiger partial charge on any atom is 0.129 e. The zero-order chi connectivity index (χ0) is 11.7. The van der Waals surface area contributed by atoms with Crippen LogP contribution in [0.25, 0.3) is 11.1 Å². The maximum absolute atomic E-state index is 5.89. The molecule has 0 amide bonds. The first-order chi connectivity index (χ1) is 7.58. The number of benzene rings is 1. The van der Waals surface area contributed by atoms with Gasteiger partial charge in [-0.05, 0) is 60.4 Å². The molecular formula is C13H13ClN2. The summed E-state index contributed by atoms with van der Waals surface area (Å²) in [4.78, 5) is 3.98. The molecule has 0 aliphatic carbocycles. The predicted octanol–water partition coefficient (Wildman–Crippen LogP) is 3.60. The molecule has 0 aliphatic rings. The van der Waals surface area contributed by atoms with Gasteiger partial charge in [0.05, 0.1) is 0 Å². The fraction of sp³-hybridized carbons (Fsp3) is 0.154. The van der Waals surface area contributed by atoms with Crippen molar-refractivity contribution in [3.05, 3.63) is 46.7 Å². The second kappa shape index (κ2) is 4.14. The Morgan fingerprint density at radius 2 is 1.75 bits per heavy atom. The summed E-state index contributed by atoms with van der Waals surface area (Å²) in [6, 6.07) is 7.76. The summed E-state index contributed by atoms with van der Waals surface area (Å²) in [6.45, 7) is 4.10. The Bertz CT molecular complexity index is 512. The summed E-state index contributed by atoms with van der Waals surface area (Å²) in [5.41, 5.74) is 11.2. The van der Waals surface area contributed by atoms with Gasteiger partial charge in [0.1, 0.15) is 5.15 Å². The first-order valence-electron chi connectivity index (χ1n) is 5.06. The highest BCUT2D eigenvalue weighted by atomic mass is 35.5. The lowest BCUT2D eigenvalue weighted by atomic mass is 9.96. The molecule has 3 heteroatoms. The highest BCUT2D eigenvalue weighted by molar-refractivity contribution is 6.29. The third kappa shape index (κ3) is 2.02. The van der Waals surface area contributed by atoms with E-state index < -0.39 is 0 Å². The Morgan fingerprint density at radius 1 is 1.12 bits per heavy atom. The highest BCUT2D eigenvalue weighted by Gasteiger charge is 2.07. The molecule has 0 fully saturated rings. The van der Waals surface area contributed by atoms with E-state index in [9.17, 15) is 0 Å². The van der Waals surface area contributed by atoms with E-state index in [0.29, 0.717) is 5.15 Å². The lowest BCUT2D eigenvalue weighted by Gasteiger charge is -2.11. The number of nitrogen functional groups attached to an aromatic ring is 1. The van der Waals surface area contributed by atoms with Gasteiger partial charge in [-0.2, -0.15) is 0 Å². The van der Waals surface area contributed by atoms with Crippen molar-refractivity contribution in [1.29, 1.82) is 0 Å². The van der Waals surface area contributed by atoms with Gasteiger partial charge in [-0.25, -0.2) is 4.98 Å². The second-order valence-corrected chi connectivity index (χ2v) is 4.28. The molecule has 2 aromatic rings. The van der Waals surface area contributed by atoms with Crippen LogP contribution in [0.1, 0.15) is 11.1 Å². The van der Waals surface area contributed by atoms with Crippen LogP contribution in [0.15, 0.2) is 30.5 Å². The van der Waals surface area contributed by atoms with Crippen molar-refractivity contribution < 1.29 is 0 Å². The number of pyridine rings is 1. The molecular weight excluding hydrogens is 220 g/mol. The van der Waals surface area contributed by atoms with Gasteiger partial charge < -0.3 is 5.73 Å². The van der Waals surface area contributed by atoms with Crippen molar-refractivity contribution in [2.45, 2.75) is 13.8 Å². The van der Waals surface area contributed by atoms with Gasteiger partial charge in [0, 0.05) is 11.9 Å². The molecule has 2 rings (SSSR count). The van der Waals surface area contributed by atoms with Crippen LogP contribution in [0.5, 0.6) is 0 Å². The van der Waals surface area contributed by atoms with Crippen molar-refractivity contribution in [2.24, 2.45) is 0 Å². The van der Waals surface area contributed by atoms with Gasteiger partial charge in [0.2, 0.25) is 0 Å². The first-order valence-corrected chi connectivity index (χ1v) is 5.44. The van der Waals surface area contributed by atoms with Crippen LogP contribution in [0, 0.1) is 13.8 Å². The van der Waals surface area contributed by atoms with Gasteiger partial charge in [-0.15, -0.1) is 0 Å². The van der Waals surface area contributed by atoms with Crippen LogP contribution < -0.4 is 5.73 Å². The molecule has 16 heavy (non-hydrogen) atoms. The number of rotatable bonds is 1. The molecule has 1 aromatic heterocycles. The number of halogens is 1. The quantitative estimate of drug-likeness (QED) is 0.603. The van der Waals surface area contributed by atoms with E-state index in [-0.39, 0.29) is 0 Å². The number of aryl methyl sites for hydroxylation is 2. The van der Waals surface area contributed by atoms with E-state index in [1.165, 1.54) is 5.56 Å². The lowest BCUT2D eigenvalue weighted by molar-refractivity contribution is 1.31. The van der Waals surface area contributed by atoms with Crippen LogP contribution in [0.4, 0.5) is 5.69 Å². The molecule has 2 N–H and O–H groups in total. The van der Waals surface area contributed by atoms with Gasteiger partial charge >= 0.3 is 0 Å². The van der Waals surface area contributed by atoms with E-state index in [0.717, 1.165) is 22.4 Å². The van der Waals surface area contributed by atoms with E-state index in [4.69, 9.17) is 17.3 Å². The smallest absolute Gasteiger partial charge is 0.129 e. The number of anilines is 1. The largest absolute Gasteiger partial charge is 0.399 e. The van der Waals surface area contributed by atoms with Crippen molar-refractivity contribution in [3.8, 4) is 11.1 Å². The normalized spacial score (nSPS) is 10.4. The molecule has 0 bridgehead atoms. The molecule has 82 valence electrons. The van der Waals surface area contributed by atoms with Crippen LogP contribution in [-0.4, -0.2) is 4.98 Å². The molecule has 0 atom stereocenters. The van der Waals surface area contributed by atoms with Crippen molar-refractivity contribution in [1.82, 2.24) is 4.98 Å². The summed E-state index contributed by atoms with van der Waals surface area (Å²) in [7, 11) is 0. The number of hydrogen-bond acceptors (Lipinski definition) is 2. The van der Waals surface area contributed by atoms with Gasteiger partial charge in [0.25, 0.3) is 0 Å². The van der Waals surface area contributed by atoms with Crippen LogP contribution in [-0.2, 0) is 0 Å². The number of aromatic nitrogens is 1. The second-order valence-electron chi connectivity index (χ2n) is 3.90. The Labute approximate surface area is 100 Å². The molecule has 0 saturated carbocycles. The lowest BCUT2D eigenvalue weighted by Crippen LogP contribution is -1.93. The predicted molar refractivity (Wildman–Crippen MR) is 68.6 cm³/mol. The molecule has 0 saturated heterocycles. The van der Waals surface area contributed by atoms with Gasteiger partial charge in [-0.1, -0.05) is 11.6 Å². The Balaban J connectivity index is 2.64. The Morgan fingerprint density at radius 3 is 2.31 bits per heavy atom. The standard InChI is InChI=1S/C13H13ClN2/c1-8-5-11(15)6-9(2)13(8)10-3-4-16-12(14)7-10/h3-7H,15H2,1-2H3. The van der Waals surface area contributed by atoms with E-state index in [1.807, 2.05) is 38.1 Å². The molecule has 0 aliphatic heterocycles.